The quantitative estimate of drug-likeness (QED) is 0.322. The third-order valence-corrected chi connectivity index (χ3v) is 5.87. The van der Waals surface area contributed by atoms with Crippen molar-refractivity contribution in [1.29, 1.82) is 5.26 Å². The molecule has 0 bridgehead atoms. The van der Waals surface area contributed by atoms with E-state index in [2.05, 4.69) is 0 Å². The highest BCUT2D eigenvalue weighted by Gasteiger charge is 2.47. The summed E-state index contributed by atoms with van der Waals surface area (Å²) < 4.78 is 10.4. The summed E-state index contributed by atoms with van der Waals surface area (Å²) in [5.41, 5.74) is 1.59. The lowest BCUT2D eigenvalue weighted by atomic mass is 9.95. The normalized spacial score (nSPS) is 16.9. The maximum absolute atomic E-state index is 13.2. The lowest BCUT2D eigenvalue weighted by Gasteiger charge is -2.25. The van der Waals surface area contributed by atoms with Gasteiger partial charge in [0.05, 0.1) is 42.5 Å². The number of ether oxygens (including phenoxy) is 2. The molecule has 0 radical (unpaired) electrons. The zero-order valence-electron chi connectivity index (χ0n) is 18.3. The number of nitrogens with zero attached hydrogens (tertiary/aromatic N) is 2. The van der Waals surface area contributed by atoms with Crippen molar-refractivity contribution < 1.29 is 24.2 Å². The van der Waals surface area contributed by atoms with Crippen LogP contribution in [0.1, 0.15) is 22.7 Å². The molecule has 7 nitrogen and oxygen atoms in total. The number of carbonyl (C=O) groups is 2. The first-order chi connectivity index (χ1) is 16.4. The van der Waals surface area contributed by atoms with Gasteiger partial charge in [-0.25, -0.2) is 0 Å². The van der Waals surface area contributed by atoms with E-state index < -0.39 is 17.7 Å². The molecular formula is C26H19ClN2O5. The fourth-order valence-electron chi connectivity index (χ4n) is 3.87. The SMILES string of the molecule is COc1ccc(C2/C(=C(/O)c3ccc(OC)c(Cl)c3)C(=O)C(=O)N2c2ccc(C#N)cc2)cc1. The van der Waals surface area contributed by atoms with Crippen LogP contribution in [0, 0.1) is 11.3 Å². The van der Waals surface area contributed by atoms with Crippen molar-refractivity contribution in [1.82, 2.24) is 0 Å². The average molecular weight is 475 g/mol. The Kier molecular flexibility index (Phi) is 6.26. The summed E-state index contributed by atoms with van der Waals surface area (Å²) in [6.45, 7) is 0. The molecule has 1 aliphatic rings. The molecule has 4 rings (SSSR count). The van der Waals surface area contributed by atoms with Crippen molar-refractivity contribution >= 4 is 34.7 Å². The lowest BCUT2D eigenvalue weighted by molar-refractivity contribution is -0.132. The maximum atomic E-state index is 13.2. The second-order valence-electron chi connectivity index (χ2n) is 7.45. The summed E-state index contributed by atoms with van der Waals surface area (Å²) in [6.07, 6.45) is 0. The van der Waals surface area contributed by atoms with Crippen LogP contribution in [0.25, 0.3) is 5.76 Å². The number of ketones is 1. The van der Waals surface area contributed by atoms with Crippen LogP contribution in [0.4, 0.5) is 5.69 Å². The topological polar surface area (TPSA) is 99.9 Å². The van der Waals surface area contributed by atoms with Crippen molar-refractivity contribution in [2.45, 2.75) is 6.04 Å². The van der Waals surface area contributed by atoms with Crippen molar-refractivity contribution in [3.05, 3.63) is 94.0 Å². The van der Waals surface area contributed by atoms with E-state index in [0.717, 1.165) is 0 Å². The molecule has 0 aromatic heterocycles. The zero-order valence-corrected chi connectivity index (χ0v) is 19.0. The standard InChI is InChI=1S/C26H19ClN2O5/c1-33-19-10-5-16(6-11-19)23-22(24(30)17-7-12-21(34-2)20(27)13-17)25(31)26(32)29(23)18-8-3-15(14-28)4-9-18/h3-13,23,30H,1-2H3/b24-22-. The number of Topliss-reactive ketones (excluding diaryl/α,β-unsaturated/α-hetero) is 1. The van der Waals surface area contributed by atoms with Crippen molar-refractivity contribution in [2.24, 2.45) is 0 Å². The van der Waals surface area contributed by atoms with Gasteiger partial charge in [0, 0.05) is 11.3 Å². The van der Waals surface area contributed by atoms with Gasteiger partial charge in [-0.15, -0.1) is 0 Å². The Morgan fingerprint density at radius 1 is 1.00 bits per heavy atom. The smallest absolute Gasteiger partial charge is 0.300 e. The summed E-state index contributed by atoms with van der Waals surface area (Å²) in [5.74, 6) is -0.995. The molecule has 0 saturated carbocycles. The molecule has 1 amide bonds. The summed E-state index contributed by atoms with van der Waals surface area (Å²) in [4.78, 5) is 27.7. The van der Waals surface area contributed by atoms with Crippen LogP contribution in [0.2, 0.25) is 5.02 Å². The molecule has 3 aromatic rings. The second kappa shape index (κ2) is 9.30. The molecule has 1 atom stereocenters. The predicted octanol–water partition coefficient (Wildman–Crippen LogP) is 4.86. The van der Waals surface area contributed by atoms with Crippen LogP contribution < -0.4 is 14.4 Å². The van der Waals surface area contributed by atoms with E-state index in [9.17, 15) is 14.7 Å². The molecule has 0 aliphatic carbocycles. The summed E-state index contributed by atoms with van der Waals surface area (Å²) in [7, 11) is 3.00. The van der Waals surface area contributed by atoms with Gasteiger partial charge < -0.3 is 14.6 Å². The molecule has 1 saturated heterocycles. The van der Waals surface area contributed by atoms with Crippen LogP contribution in [0.3, 0.4) is 0 Å². The summed E-state index contributed by atoms with van der Waals surface area (Å²) >= 11 is 6.22. The number of nitriles is 1. The van der Waals surface area contributed by atoms with Gasteiger partial charge in [-0.1, -0.05) is 23.7 Å². The first kappa shape index (κ1) is 22.9. The van der Waals surface area contributed by atoms with Crippen molar-refractivity contribution in [2.75, 3.05) is 19.1 Å². The third kappa shape index (κ3) is 3.96. The first-order valence-corrected chi connectivity index (χ1v) is 10.6. The van der Waals surface area contributed by atoms with Gasteiger partial charge in [0.25, 0.3) is 11.7 Å². The minimum atomic E-state index is -0.917. The molecule has 170 valence electrons. The third-order valence-electron chi connectivity index (χ3n) is 5.58. The van der Waals surface area contributed by atoms with E-state index in [0.29, 0.717) is 28.3 Å². The van der Waals surface area contributed by atoms with Gasteiger partial charge in [-0.05, 0) is 60.2 Å². The van der Waals surface area contributed by atoms with E-state index in [1.54, 1.807) is 60.7 Å². The van der Waals surface area contributed by atoms with Crippen molar-refractivity contribution in [3.63, 3.8) is 0 Å². The Hall–Kier alpha value is -4.28. The number of hydrogen-bond donors (Lipinski definition) is 1. The van der Waals surface area contributed by atoms with Crippen LogP contribution in [-0.2, 0) is 9.59 Å². The number of rotatable bonds is 5. The van der Waals surface area contributed by atoms with E-state index in [4.69, 9.17) is 26.3 Å². The van der Waals surface area contributed by atoms with Gasteiger partial charge in [0.2, 0.25) is 0 Å². The molecular weight excluding hydrogens is 456 g/mol. The molecule has 1 N–H and O–H groups in total. The van der Waals surface area contributed by atoms with Crippen LogP contribution in [0.15, 0.2) is 72.3 Å². The highest BCUT2D eigenvalue weighted by molar-refractivity contribution is 6.51. The van der Waals surface area contributed by atoms with E-state index in [1.807, 2.05) is 6.07 Å². The fraction of sp³-hybridized carbons (Fsp3) is 0.115. The van der Waals surface area contributed by atoms with E-state index in [-0.39, 0.29) is 21.9 Å². The number of hydrogen-bond acceptors (Lipinski definition) is 6. The average Bonchev–Trinajstić information content (AvgIpc) is 3.13. The van der Waals surface area contributed by atoms with Gasteiger partial charge >= 0.3 is 0 Å². The molecule has 1 aliphatic heterocycles. The molecule has 1 heterocycles. The zero-order chi connectivity index (χ0) is 24.4. The maximum Gasteiger partial charge on any atom is 0.300 e. The lowest BCUT2D eigenvalue weighted by Crippen LogP contribution is -2.29. The van der Waals surface area contributed by atoms with Crippen LogP contribution in [0.5, 0.6) is 11.5 Å². The van der Waals surface area contributed by atoms with Gasteiger partial charge in [0.15, 0.2) is 0 Å². The van der Waals surface area contributed by atoms with E-state index in [1.165, 1.54) is 25.2 Å². The Morgan fingerprint density at radius 2 is 1.68 bits per heavy atom. The Labute approximate surface area is 201 Å². The number of aliphatic hydroxyl groups excluding tert-OH is 1. The number of halogens is 1. The molecule has 3 aromatic carbocycles. The van der Waals surface area contributed by atoms with Crippen LogP contribution in [-0.4, -0.2) is 31.0 Å². The fourth-order valence-corrected chi connectivity index (χ4v) is 4.12. The predicted molar refractivity (Wildman–Crippen MR) is 127 cm³/mol. The number of amides is 1. The molecule has 0 spiro atoms. The summed E-state index contributed by atoms with van der Waals surface area (Å²) in [5, 5.41) is 20.5. The largest absolute Gasteiger partial charge is 0.507 e. The highest BCUT2D eigenvalue weighted by Crippen LogP contribution is 2.43. The van der Waals surface area contributed by atoms with Gasteiger partial charge in [0.1, 0.15) is 17.3 Å². The van der Waals surface area contributed by atoms with Gasteiger partial charge in [-0.2, -0.15) is 5.26 Å². The number of benzene rings is 3. The Bertz CT molecular complexity index is 1340. The molecule has 34 heavy (non-hydrogen) atoms. The molecule has 1 fully saturated rings. The van der Waals surface area contributed by atoms with Crippen molar-refractivity contribution in [3.8, 4) is 17.6 Å². The highest BCUT2D eigenvalue weighted by atomic mass is 35.5. The van der Waals surface area contributed by atoms with Crippen LogP contribution >= 0.6 is 11.6 Å². The Balaban J connectivity index is 1.92. The Morgan fingerprint density at radius 3 is 2.24 bits per heavy atom. The first-order valence-electron chi connectivity index (χ1n) is 10.2. The number of carbonyl (C=O) groups excluding carboxylic acids is 2. The second-order valence-corrected chi connectivity index (χ2v) is 7.86. The molecule has 8 heteroatoms. The number of anilines is 1. The number of aliphatic hydroxyl groups is 1. The van der Waals surface area contributed by atoms with Gasteiger partial charge in [-0.3, -0.25) is 14.5 Å². The monoisotopic (exact) mass is 474 g/mol. The van der Waals surface area contributed by atoms with E-state index >= 15 is 0 Å². The molecule has 1 unspecified atom stereocenters. The minimum Gasteiger partial charge on any atom is -0.507 e. The minimum absolute atomic E-state index is 0.0826. The summed E-state index contributed by atoms with van der Waals surface area (Å²) in [6, 6.07) is 18.9. The number of methoxy groups -OCH3 is 2.